The summed E-state index contributed by atoms with van der Waals surface area (Å²) in [6.45, 7) is 6.80. The third-order valence-corrected chi connectivity index (χ3v) is 4.74. The first-order chi connectivity index (χ1) is 9.93. The van der Waals surface area contributed by atoms with Crippen LogP contribution in [0.3, 0.4) is 0 Å². The Balaban J connectivity index is 2.07. The lowest BCUT2D eigenvalue weighted by atomic mass is 9.97. The van der Waals surface area contributed by atoms with E-state index < -0.39 is 6.04 Å². The molecule has 0 aliphatic carbocycles. The lowest BCUT2D eigenvalue weighted by molar-refractivity contribution is -0.134. The predicted molar refractivity (Wildman–Crippen MR) is 82.4 cm³/mol. The average Bonchev–Trinajstić information content (AvgIpc) is 2.87. The maximum absolute atomic E-state index is 13.0. The molecule has 2 rings (SSSR count). The minimum atomic E-state index is -0.426. The van der Waals surface area contributed by atoms with Gasteiger partial charge in [-0.3, -0.25) is 4.79 Å². The summed E-state index contributed by atoms with van der Waals surface area (Å²) in [6.07, 6.45) is 1.81. The van der Waals surface area contributed by atoms with Crippen molar-refractivity contribution in [1.29, 1.82) is 0 Å². The van der Waals surface area contributed by atoms with Crippen LogP contribution in [0.2, 0.25) is 0 Å². The van der Waals surface area contributed by atoms with Crippen LogP contribution in [0.15, 0.2) is 24.3 Å². The molecule has 0 aromatic heterocycles. The van der Waals surface area contributed by atoms with Gasteiger partial charge < -0.3 is 10.6 Å². The lowest BCUT2D eigenvalue weighted by Crippen LogP contribution is -2.48. The first kappa shape index (κ1) is 16.0. The molecule has 2 N–H and O–H groups in total. The van der Waals surface area contributed by atoms with Crippen LogP contribution in [0.5, 0.6) is 0 Å². The first-order valence-corrected chi connectivity index (χ1v) is 7.75. The van der Waals surface area contributed by atoms with Gasteiger partial charge in [0, 0.05) is 18.5 Å². The zero-order chi connectivity index (χ0) is 15.6. The molecule has 4 atom stereocenters. The molecule has 1 heterocycles. The van der Waals surface area contributed by atoms with Crippen LogP contribution >= 0.6 is 0 Å². The van der Waals surface area contributed by atoms with Crippen molar-refractivity contribution < 1.29 is 9.18 Å². The summed E-state index contributed by atoms with van der Waals surface area (Å²) in [6, 6.07) is 6.35. The molecule has 116 valence electrons. The van der Waals surface area contributed by atoms with Crippen molar-refractivity contribution in [3.8, 4) is 0 Å². The van der Waals surface area contributed by atoms with Gasteiger partial charge in [-0.15, -0.1) is 0 Å². The van der Waals surface area contributed by atoms with Gasteiger partial charge in [-0.1, -0.05) is 32.4 Å². The van der Waals surface area contributed by atoms with Crippen molar-refractivity contribution >= 4 is 5.91 Å². The molecule has 0 bridgehead atoms. The Kier molecular flexibility index (Phi) is 4.99. The molecule has 21 heavy (non-hydrogen) atoms. The zero-order valence-corrected chi connectivity index (χ0v) is 13.1. The lowest BCUT2D eigenvalue weighted by Gasteiger charge is -2.27. The normalized spacial score (nSPS) is 24.9. The molecule has 0 spiro atoms. The predicted octanol–water partition coefficient (Wildman–Crippen LogP) is 2.90. The number of benzene rings is 1. The third-order valence-electron chi connectivity index (χ3n) is 4.74. The van der Waals surface area contributed by atoms with Crippen LogP contribution < -0.4 is 5.73 Å². The molecule has 4 unspecified atom stereocenters. The Morgan fingerprint density at radius 3 is 2.62 bits per heavy atom. The van der Waals surface area contributed by atoms with Crippen LogP contribution in [0.25, 0.3) is 0 Å². The number of carbonyl (C=O) groups is 1. The number of carbonyl (C=O) groups excluding carboxylic acids is 1. The second kappa shape index (κ2) is 6.56. The maximum atomic E-state index is 13.0. The molecule has 1 aliphatic rings. The summed E-state index contributed by atoms with van der Waals surface area (Å²) in [4.78, 5) is 14.4. The number of nitrogens with zero attached hydrogens (tertiary/aromatic N) is 1. The largest absolute Gasteiger partial charge is 0.338 e. The van der Waals surface area contributed by atoms with Crippen LogP contribution in [0.1, 0.15) is 45.1 Å². The highest BCUT2D eigenvalue weighted by atomic mass is 19.1. The molecule has 0 saturated carbocycles. The molecule has 1 aromatic rings. The van der Waals surface area contributed by atoms with E-state index in [0.29, 0.717) is 6.54 Å². The highest BCUT2D eigenvalue weighted by molar-refractivity contribution is 5.82. The van der Waals surface area contributed by atoms with E-state index in [1.807, 2.05) is 30.9 Å². The Bertz CT molecular complexity index is 488. The summed E-state index contributed by atoms with van der Waals surface area (Å²) >= 11 is 0. The SMILES string of the molecule is CCC(C)C(N)C(=O)N1CC(c2ccc(F)cc2)CC1C. The van der Waals surface area contributed by atoms with Gasteiger partial charge in [0.05, 0.1) is 6.04 Å². The standard InChI is InChI=1S/C17H25FN2O/c1-4-11(2)16(19)17(21)20-10-14(9-12(20)3)13-5-7-15(18)8-6-13/h5-8,11-12,14,16H,4,9-10,19H2,1-3H3. The molecular weight excluding hydrogens is 267 g/mol. The number of likely N-dealkylation sites (tertiary alicyclic amines) is 1. The van der Waals surface area contributed by atoms with Gasteiger partial charge in [-0.05, 0) is 37.0 Å². The minimum absolute atomic E-state index is 0.0430. The maximum Gasteiger partial charge on any atom is 0.240 e. The van der Waals surface area contributed by atoms with Gasteiger partial charge in [0.2, 0.25) is 5.91 Å². The van der Waals surface area contributed by atoms with Crippen molar-refractivity contribution in [3.63, 3.8) is 0 Å². The van der Waals surface area contributed by atoms with E-state index in [2.05, 4.69) is 6.92 Å². The summed E-state index contributed by atoms with van der Waals surface area (Å²) in [5, 5.41) is 0. The molecule has 1 aromatic carbocycles. The van der Waals surface area contributed by atoms with Crippen LogP contribution in [-0.2, 0) is 4.79 Å². The van der Waals surface area contributed by atoms with E-state index in [4.69, 9.17) is 5.73 Å². The highest BCUT2D eigenvalue weighted by Crippen LogP contribution is 2.32. The first-order valence-electron chi connectivity index (χ1n) is 7.75. The second-order valence-electron chi connectivity index (χ2n) is 6.24. The number of hydrogen-bond acceptors (Lipinski definition) is 2. The number of amides is 1. The van der Waals surface area contributed by atoms with Crippen LogP contribution in [-0.4, -0.2) is 29.4 Å². The van der Waals surface area contributed by atoms with Gasteiger partial charge >= 0.3 is 0 Å². The van der Waals surface area contributed by atoms with E-state index >= 15 is 0 Å². The zero-order valence-electron chi connectivity index (χ0n) is 13.1. The van der Waals surface area contributed by atoms with E-state index in [1.54, 1.807) is 0 Å². The van der Waals surface area contributed by atoms with E-state index in [0.717, 1.165) is 18.4 Å². The molecule has 1 aliphatic heterocycles. The van der Waals surface area contributed by atoms with Gasteiger partial charge in [-0.25, -0.2) is 4.39 Å². The number of nitrogens with two attached hydrogens (primary N) is 1. The molecule has 1 saturated heterocycles. The fourth-order valence-corrected chi connectivity index (χ4v) is 3.00. The fourth-order valence-electron chi connectivity index (χ4n) is 3.00. The highest BCUT2D eigenvalue weighted by Gasteiger charge is 2.36. The van der Waals surface area contributed by atoms with Gasteiger partial charge in [0.15, 0.2) is 0 Å². The Hall–Kier alpha value is -1.42. The van der Waals surface area contributed by atoms with Crippen LogP contribution in [0.4, 0.5) is 4.39 Å². The summed E-state index contributed by atoms with van der Waals surface area (Å²) < 4.78 is 13.0. The summed E-state index contributed by atoms with van der Waals surface area (Å²) in [5.41, 5.74) is 7.17. The molecular formula is C17H25FN2O. The molecule has 4 heteroatoms. The average molecular weight is 292 g/mol. The van der Waals surface area contributed by atoms with Crippen molar-refractivity contribution in [2.24, 2.45) is 11.7 Å². The van der Waals surface area contributed by atoms with Crippen molar-refractivity contribution in [2.75, 3.05) is 6.54 Å². The van der Waals surface area contributed by atoms with Crippen LogP contribution in [0, 0.1) is 11.7 Å². The second-order valence-corrected chi connectivity index (χ2v) is 6.24. The monoisotopic (exact) mass is 292 g/mol. The number of hydrogen-bond donors (Lipinski definition) is 1. The molecule has 1 fully saturated rings. The van der Waals surface area contributed by atoms with E-state index in [1.165, 1.54) is 12.1 Å². The quantitative estimate of drug-likeness (QED) is 0.927. The van der Waals surface area contributed by atoms with Crippen molar-refractivity contribution in [3.05, 3.63) is 35.6 Å². The molecule has 0 radical (unpaired) electrons. The smallest absolute Gasteiger partial charge is 0.240 e. The Labute approximate surface area is 126 Å². The molecule has 3 nitrogen and oxygen atoms in total. The van der Waals surface area contributed by atoms with Crippen molar-refractivity contribution in [1.82, 2.24) is 4.90 Å². The van der Waals surface area contributed by atoms with Gasteiger partial charge in [-0.2, -0.15) is 0 Å². The van der Waals surface area contributed by atoms with E-state index in [9.17, 15) is 9.18 Å². The van der Waals surface area contributed by atoms with Gasteiger partial charge in [0.25, 0.3) is 0 Å². The topological polar surface area (TPSA) is 46.3 Å². The molecule has 1 amide bonds. The van der Waals surface area contributed by atoms with Gasteiger partial charge in [0.1, 0.15) is 5.82 Å². The van der Waals surface area contributed by atoms with E-state index in [-0.39, 0.29) is 29.6 Å². The fraction of sp³-hybridized carbons (Fsp3) is 0.588. The minimum Gasteiger partial charge on any atom is -0.338 e. The summed E-state index contributed by atoms with van der Waals surface area (Å²) in [5.74, 6) is 0.279. The third kappa shape index (κ3) is 3.43. The number of halogens is 1. The summed E-state index contributed by atoms with van der Waals surface area (Å²) in [7, 11) is 0. The van der Waals surface area contributed by atoms with Crippen molar-refractivity contribution in [2.45, 2.75) is 51.6 Å². The number of rotatable bonds is 4. The Morgan fingerprint density at radius 2 is 2.05 bits per heavy atom. The Morgan fingerprint density at radius 1 is 1.43 bits per heavy atom.